The number of pyridine rings is 1. The molecule has 0 unspecified atom stereocenters. The highest BCUT2D eigenvalue weighted by molar-refractivity contribution is 7.92. The van der Waals surface area contributed by atoms with Gasteiger partial charge < -0.3 is 10.1 Å². The molecule has 1 aromatic rings. The largest absolute Gasteiger partial charge is 0.481 e. The quantitative estimate of drug-likeness (QED) is 0.740. The van der Waals surface area contributed by atoms with Gasteiger partial charge in [-0.15, -0.1) is 0 Å². The van der Waals surface area contributed by atoms with Crippen molar-refractivity contribution in [2.75, 3.05) is 31.2 Å². The van der Waals surface area contributed by atoms with Gasteiger partial charge >= 0.3 is 0 Å². The van der Waals surface area contributed by atoms with E-state index >= 15 is 0 Å². The molecule has 1 heterocycles. The van der Waals surface area contributed by atoms with Crippen molar-refractivity contribution >= 4 is 15.7 Å². The topological polar surface area (TPSA) is 80.3 Å². The van der Waals surface area contributed by atoms with Gasteiger partial charge in [-0.2, -0.15) is 0 Å². The zero-order chi connectivity index (χ0) is 12.0. The first kappa shape index (κ1) is 12.7. The molecule has 0 radical (unpaired) electrons. The van der Waals surface area contributed by atoms with Crippen LogP contribution in [0.1, 0.15) is 0 Å². The summed E-state index contributed by atoms with van der Waals surface area (Å²) in [6.07, 6.45) is 1.41. The number of nitrogens with one attached hydrogen (secondary N) is 2. The van der Waals surface area contributed by atoms with Crippen LogP contribution in [0, 0.1) is 0 Å². The minimum absolute atomic E-state index is 0.0233. The van der Waals surface area contributed by atoms with Crippen LogP contribution in [0.3, 0.4) is 0 Å². The van der Waals surface area contributed by atoms with Crippen LogP contribution in [-0.4, -0.2) is 39.9 Å². The Bertz CT molecular complexity index is 416. The van der Waals surface area contributed by atoms with Crippen molar-refractivity contribution in [3.8, 4) is 5.88 Å². The van der Waals surface area contributed by atoms with Crippen LogP contribution in [0.5, 0.6) is 5.88 Å². The van der Waals surface area contributed by atoms with Crippen LogP contribution in [0.25, 0.3) is 0 Å². The number of methoxy groups -OCH3 is 1. The summed E-state index contributed by atoms with van der Waals surface area (Å²) in [5, 5.41) is 2.77. The second kappa shape index (κ2) is 5.66. The third-order valence-corrected chi connectivity index (χ3v) is 3.13. The molecule has 0 aliphatic carbocycles. The van der Waals surface area contributed by atoms with Crippen molar-refractivity contribution in [3.63, 3.8) is 0 Å². The van der Waals surface area contributed by atoms with Crippen molar-refractivity contribution in [2.24, 2.45) is 0 Å². The highest BCUT2D eigenvalue weighted by Gasteiger charge is 2.09. The standard InChI is InChI=1S/C9H15N3O3S/c1-10-5-6-16(13,14)12-8-3-4-9(15-2)11-7-8/h3-4,7,10,12H,5-6H2,1-2H3. The molecule has 0 fully saturated rings. The number of hydrogen-bond acceptors (Lipinski definition) is 5. The molecule has 0 atom stereocenters. The van der Waals surface area contributed by atoms with Crippen molar-refractivity contribution < 1.29 is 13.2 Å². The van der Waals surface area contributed by atoms with Crippen molar-refractivity contribution in [1.82, 2.24) is 10.3 Å². The number of nitrogens with zero attached hydrogens (tertiary/aromatic N) is 1. The van der Waals surface area contributed by atoms with E-state index in [4.69, 9.17) is 4.74 Å². The van der Waals surface area contributed by atoms with Gasteiger partial charge in [0.05, 0.1) is 24.7 Å². The zero-order valence-electron chi connectivity index (χ0n) is 9.23. The molecule has 0 saturated carbocycles. The zero-order valence-corrected chi connectivity index (χ0v) is 10.0. The first-order chi connectivity index (χ1) is 7.57. The number of ether oxygens (including phenoxy) is 1. The molecular formula is C9H15N3O3S. The summed E-state index contributed by atoms with van der Waals surface area (Å²) in [5.74, 6) is 0.466. The van der Waals surface area contributed by atoms with Crippen LogP contribution in [-0.2, 0) is 10.0 Å². The maximum atomic E-state index is 11.5. The molecule has 0 saturated heterocycles. The molecule has 1 aromatic heterocycles. The summed E-state index contributed by atoms with van der Waals surface area (Å²) in [7, 11) is -0.112. The van der Waals surface area contributed by atoms with Crippen LogP contribution in [0.4, 0.5) is 5.69 Å². The Morgan fingerprint density at radius 1 is 1.44 bits per heavy atom. The molecule has 0 spiro atoms. The molecular weight excluding hydrogens is 230 g/mol. The maximum Gasteiger partial charge on any atom is 0.234 e. The Hall–Kier alpha value is -1.34. The number of sulfonamides is 1. The molecule has 0 amide bonds. The van der Waals surface area contributed by atoms with E-state index in [0.717, 1.165) is 0 Å². The normalized spacial score (nSPS) is 11.1. The van der Waals surface area contributed by atoms with Crippen molar-refractivity contribution in [2.45, 2.75) is 0 Å². The Morgan fingerprint density at radius 3 is 2.69 bits per heavy atom. The summed E-state index contributed by atoms with van der Waals surface area (Å²) in [6, 6.07) is 3.19. The lowest BCUT2D eigenvalue weighted by atomic mass is 10.4. The summed E-state index contributed by atoms with van der Waals surface area (Å²) < 4.78 is 30.3. The number of hydrogen-bond donors (Lipinski definition) is 2. The summed E-state index contributed by atoms with van der Waals surface area (Å²) in [6.45, 7) is 0.402. The van der Waals surface area contributed by atoms with E-state index in [1.54, 1.807) is 19.2 Å². The molecule has 16 heavy (non-hydrogen) atoms. The molecule has 0 aliphatic heterocycles. The summed E-state index contributed by atoms with van der Waals surface area (Å²) in [4.78, 5) is 3.90. The number of rotatable bonds is 6. The Morgan fingerprint density at radius 2 is 2.19 bits per heavy atom. The highest BCUT2D eigenvalue weighted by Crippen LogP contribution is 2.12. The lowest BCUT2D eigenvalue weighted by Gasteiger charge is -2.07. The van der Waals surface area contributed by atoms with E-state index in [-0.39, 0.29) is 5.75 Å². The number of anilines is 1. The fourth-order valence-corrected chi connectivity index (χ4v) is 2.08. The highest BCUT2D eigenvalue weighted by atomic mass is 32.2. The van der Waals surface area contributed by atoms with E-state index in [2.05, 4.69) is 15.0 Å². The van der Waals surface area contributed by atoms with Crippen LogP contribution < -0.4 is 14.8 Å². The molecule has 7 heteroatoms. The van der Waals surface area contributed by atoms with Crippen LogP contribution >= 0.6 is 0 Å². The van der Waals surface area contributed by atoms with E-state index < -0.39 is 10.0 Å². The molecule has 1 rings (SSSR count). The van der Waals surface area contributed by atoms with Gasteiger partial charge in [0.2, 0.25) is 15.9 Å². The lowest BCUT2D eigenvalue weighted by Crippen LogP contribution is -2.24. The SMILES string of the molecule is CNCCS(=O)(=O)Nc1ccc(OC)nc1. The first-order valence-corrected chi connectivity index (χ1v) is 6.38. The van der Waals surface area contributed by atoms with Gasteiger partial charge in [-0.05, 0) is 13.1 Å². The first-order valence-electron chi connectivity index (χ1n) is 4.72. The maximum absolute atomic E-state index is 11.5. The predicted molar refractivity (Wildman–Crippen MR) is 62.1 cm³/mol. The molecule has 2 N–H and O–H groups in total. The van der Waals surface area contributed by atoms with Crippen molar-refractivity contribution in [3.05, 3.63) is 18.3 Å². The number of aromatic nitrogens is 1. The van der Waals surface area contributed by atoms with Crippen molar-refractivity contribution in [1.29, 1.82) is 0 Å². The lowest BCUT2D eigenvalue weighted by molar-refractivity contribution is 0.398. The fraction of sp³-hybridized carbons (Fsp3) is 0.444. The Balaban J connectivity index is 2.65. The molecule has 6 nitrogen and oxygen atoms in total. The second-order valence-electron chi connectivity index (χ2n) is 3.11. The smallest absolute Gasteiger partial charge is 0.234 e. The van der Waals surface area contributed by atoms with E-state index in [1.165, 1.54) is 13.3 Å². The minimum atomic E-state index is -3.31. The Kier molecular flexibility index (Phi) is 4.51. The monoisotopic (exact) mass is 245 g/mol. The van der Waals surface area contributed by atoms with E-state index in [1.807, 2.05) is 0 Å². The molecule has 0 aliphatic rings. The third-order valence-electron chi connectivity index (χ3n) is 1.84. The van der Waals surface area contributed by atoms with Gasteiger partial charge in [-0.1, -0.05) is 0 Å². The predicted octanol–water partition coefficient (Wildman–Crippen LogP) is 0.0513. The molecule has 0 bridgehead atoms. The third kappa shape index (κ3) is 4.03. The van der Waals surface area contributed by atoms with E-state index in [0.29, 0.717) is 18.1 Å². The molecule has 0 aromatic carbocycles. The van der Waals surface area contributed by atoms with Gasteiger partial charge in [0.15, 0.2) is 0 Å². The van der Waals surface area contributed by atoms with Gasteiger partial charge in [0.25, 0.3) is 0 Å². The minimum Gasteiger partial charge on any atom is -0.481 e. The molecule has 90 valence electrons. The van der Waals surface area contributed by atoms with Crippen LogP contribution in [0.2, 0.25) is 0 Å². The van der Waals surface area contributed by atoms with Crippen LogP contribution in [0.15, 0.2) is 18.3 Å². The van der Waals surface area contributed by atoms with Gasteiger partial charge in [0.1, 0.15) is 0 Å². The fourth-order valence-electron chi connectivity index (χ4n) is 1.03. The van der Waals surface area contributed by atoms with E-state index in [9.17, 15) is 8.42 Å². The Labute approximate surface area is 95.1 Å². The average molecular weight is 245 g/mol. The summed E-state index contributed by atoms with van der Waals surface area (Å²) >= 11 is 0. The summed E-state index contributed by atoms with van der Waals surface area (Å²) in [5.41, 5.74) is 0.428. The van der Waals surface area contributed by atoms with Gasteiger partial charge in [-0.25, -0.2) is 13.4 Å². The van der Waals surface area contributed by atoms with Gasteiger partial charge in [-0.3, -0.25) is 4.72 Å². The average Bonchev–Trinajstić information content (AvgIpc) is 2.27. The second-order valence-corrected chi connectivity index (χ2v) is 4.96. The van der Waals surface area contributed by atoms with Gasteiger partial charge in [0, 0.05) is 12.6 Å².